The van der Waals surface area contributed by atoms with Gasteiger partial charge in [-0.2, -0.15) is 0 Å². The predicted molar refractivity (Wildman–Crippen MR) is 70.8 cm³/mol. The van der Waals surface area contributed by atoms with Gasteiger partial charge >= 0.3 is 0 Å². The molecule has 102 valence electrons. The Morgan fingerprint density at radius 1 is 1.53 bits per heavy atom. The Hall–Kier alpha value is -1.95. The highest BCUT2D eigenvalue weighted by molar-refractivity contribution is 5.73. The molecule has 1 aliphatic heterocycles. The fourth-order valence-corrected chi connectivity index (χ4v) is 2.38. The molecule has 1 aromatic rings. The maximum atomic E-state index is 11.4. The molecule has 6 nitrogen and oxygen atoms in total. The Morgan fingerprint density at radius 2 is 2.26 bits per heavy atom. The van der Waals surface area contributed by atoms with Crippen LogP contribution in [-0.2, 0) is 11.2 Å². The molecule has 6 heteroatoms. The van der Waals surface area contributed by atoms with Crippen molar-refractivity contribution in [3.63, 3.8) is 0 Å². The van der Waals surface area contributed by atoms with Gasteiger partial charge < -0.3 is 10.2 Å². The maximum absolute atomic E-state index is 11.4. The van der Waals surface area contributed by atoms with Crippen LogP contribution in [-0.4, -0.2) is 41.4 Å². The number of amides is 1. The first-order valence-electron chi connectivity index (χ1n) is 6.29. The molecular formula is C13H17N3O3. The van der Waals surface area contributed by atoms with E-state index in [-0.39, 0.29) is 22.6 Å². The summed E-state index contributed by atoms with van der Waals surface area (Å²) in [6.07, 6.45) is 0.556. The van der Waals surface area contributed by atoms with Crippen molar-refractivity contribution in [3.8, 4) is 0 Å². The summed E-state index contributed by atoms with van der Waals surface area (Å²) in [5, 5.41) is 14.3. The lowest BCUT2D eigenvalue weighted by molar-refractivity contribution is -0.385. The molecule has 1 heterocycles. The van der Waals surface area contributed by atoms with Crippen LogP contribution >= 0.6 is 0 Å². The summed E-state index contributed by atoms with van der Waals surface area (Å²) in [6, 6.07) is 6.82. The van der Waals surface area contributed by atoms with E-state index in [1.165, 1.54) is 6.07 Å². The lowest BCUT2D eigenvalue weighted by Crippen LogP contribution is -2.52. The largest absolute Gasteiger partial charge is 0.340 e. The molecule has 19 heavy (non-hydrogen) atoms. The number of piperazine rings is 1. The van der Waals surface area contributed by atoms with Crippen LogP contribution in [0.1, 0.15) is 12.5 Å². The summed E-state index contributed by atoms with van der Waals surface area (Å²) >= 11 is 0. The predicted octanol–water partition coefficient (Wildman–Crippen LogP) is 0.958. The zero-order valence-corrected chi connectivity index (χ0v) is 10.8. The molecule has 1 saturated heterocycles. The second-order valence-corrected chi connectivity index (χ2v) is 4.71. The summed E-state index contributed by atoms with van der Waals surface area (Å²) in [5.41, 5.74) is 0.847. The summed E-state index contributed by atoms with van der Waals surface area (Å²) in [7, 11) is 0. The van der Waals surface area contributed by atoms with Gasteiger partial charge in [0.25, 0.3) is 5.69 Å². The molecule has 0 radical (unpaired) electrons. The summed E-state index contributed by atoms with van der Waals surface area (Å²) in [4.78, 5) is 23.7. The van der Waals surface area contributed by atoms with Gasteiger partial charge in [-0.15, -0.1) is 0 Å². The normalized spacial score (nSPS) is 19.2. The zero-order valence-electron chi connectivity index (χ0n) is 10.8. The highest BCUT2D eigenvalue weighted by atomic mass is 16.6. The van der Waals surface area contributed by atoms with E-state index in [0.717, 1.165) is 6.54 Å². The van der Waals surface area contributed by atoms with Gasteiger partial charge in [0.2, 0.25) is 5.91 Å². The van der Waals surface area contributed by atoms with Crippen molar-refractivity contribution < 1.29 is 9.72 Å². The van der Waals surface area contributed by atoms with Gasteiger partial charge in [-0.25, -0.2) is 0 Å². The molecular weight excluding hydrogens is 246 g/mol. The van der Waals surface area contributed by atoms with Crippen LogP contribution < -0.4 is 5.32 Å². The van der Waals surface area contributed by atoms with Crippen LogP contribution in [0.25, 0.3) is 0 Å². The summed E-state index contributed by atoms with van der Waals surface area (Å²) < 4.78 is 0. The Bertz CT molecular complexity index is 490. The van der Waals surface area contributed by atoms with Gasteiger partial charge in [-0.3, -0.25) is 14.9 Å². The average Bonchev–Trinajstić information content (AvgIpc) is 2.39. The van der Waals surface area contributed by atoms with Crippen molar-refractivity contribution in [2.45, 2.75) is 19.4 Å². The number of para-hydroxylation sites is 1. The number of nitrogens with one attached hydrogen (secondary N) is 1. The Labute approximate surface area is 111 Å². The second-order valence-electron chi connectivity index (χ2n) is 4.71. The van der Waals surface area contributed by atoms with Crippen LogP contribution in [0.2, 0.25) is 0 Å². The van der Waals surface area contributed by atoms with Crippen LogP contribution in [0.5, 0.6) is 0 Å². The third-order valence-corrected chi connectivity index (χ3v) is 3.36. The minimum absolute atomic E-state index is 0.0501. The highest BCUT2D eigenvalue weighted by Crippen LogP contribution is 2.20. The van der Waals surface area contributed by atoms with Gasteiger partial charge in [-0.1, -0.05) is 18.2 Å². The third-order valence-electron chi connectivity index (χ3n) is 3.36. The van der Waals surface area contributed by atoms with Gasteiger partial charge in [0.05, 0.1) is 4.92 Å². The molecule has 1 aliphatic rings. The second kappa shape index (κ2) is 5.79. The van der Waals surface area contributed by atoms with Crippen LogP contribution in [0.3, 0.4) is 0 Å². The molecule has 0 bridgehead atoms. The molecule has 0 spiro atoms. The van der Waals surface area contributed by atoms with Crippen molar-refractivity contribution in [1.82, 2.24) is 10.2 Å². The van der Waals surface area contributed by atoms with Crippen molar-refractivity contribution in [3.05, 3.63) is 39.9 Å². The molecule has 0 aliphatic carbocycles. The lowest BCUT2D eigenvalue weighted by atomic mass is 10.0. The minimum Gasteiger partial charge on any atom is -0.340 e. The van der Waals surface area contributed by atoms with E-state index in [9.17, 15) is 14.9 Å². The van der Waals surface area contributed by atoms with E-state index >= 15 is 0 Å². The molecule has 1 aromatic carbocycles. The van der Waals surface area contributed by atoms with E-state index in [4.69, 9.17) is 0 Å². The molecule has 1 unspecified atom stereocenters. The van der Waals surface area contributed by atoms with Crippen molar-refractivity contribution in [2.75, 3.05) is 19.6 Å². The number of nitro benzene ring substituents is 1. The molecule has 0 saturated carbocycles. The van der Waals surface area contributed by atoms with E-state index < -0.39 is 0 Å². The molecule has 1 atom stereocenters. The first-order chi connectivity index (χ1) is 9.08. The van der Waals surface area contributed by atoms with Gasteiger partial charge in [0.15, 0.2) is 0 Å². The van der Waals surface area contributed by atoms with E-state index in [0.29, 0.717) is 25.1 Å². The maximum Gasteiger partial charge on any atom is 0.272 e. The average molecular weight is 263 g/mol. The standard InChI is InChI=1S/C13H17N3O3/c1-10(17)15-7-6-14-12(9-15)8-11-4-2-3-5-13(11)16(18)19/h2-5,12,14H,6-9H2,1H3. The van der Waals surface area contributed by atoms with Crippen molar-refractivity contribution in [2.24, 2.45) is 0 Å². The Kier molecular flexibility index (Phi) is 4.11. The Balaban J connectivity index is 2.09. The minimum atomic E-state index is -0.360. The third kappa shape index (κ3) is 3.29. The molecule has 0 aromatic heterocycles. The first-order valence-corrected chi connectivity index (χ1v) is 6.29. The smallest absolute Gasteiger partial charge is 0.272 e. The number of carbonyl (C=O) groups is 1. The number of benzene rings is 1. The number of hydrogen-bond donors (Lipinski definition) is 1. The van der Waals surface area contributed by atoms with Crippen LogP contribution in [0, 0.1) is 10.1 Å². The molecule has 1 fully saturated rings. The fourth-order valence-electron chi connectivity index (χ4n) is 2.38. The van der Waals surface area contributed by atoms with Crippen molar-refractivity contribution >= 4 is 11.6 Å². The number of nitro groups is 1. The molecule has 2 rings (SSSR count). The summed E-state index contributed by atoms with van der Waals surface area (Å²) in [6.45, 7) is 3.57. The first kappa shape index (κ1) is 13.5. The quantitative estimate of drug-likeness (QED) is 0.651. The zero-order chi connectivity index (χ0) is 13.8. The number of carbonyl (C=O) groups excluding carboxylic acids is 1. The highest BCUT2D eigenvalue weighted by Gasteiger charge is 2.23. The topological polar surface area (TPSA) is 75.5 Å². The van der Waals surface area contributed by atoms with Gasteiger partial charge in [0.1, 0.15) is 0 Å². The number of hydrogen-bond acceptors (Lipinski definition) is 4. The van der Waals surface area contributed by atoms with Gasteiger partial charge in [0, 0.05) is 44.2 Å². The lowest BCUT2D eigenvalue weighted by Gasteiger charge is -2.33. The molecule has 1 amide bonds. The van der Waals surface area contributed by atoms with E-state index in [1.807, 2.05) is 0 Å². The van der Waals surface area contributed by atoms with E-state index in [2.05, 4.69) is 5.32 Å². The Morgan fingerprint density at radius 3 is 2.95 bits per heavy atom. The van der Waals surface area contributed by atoms with Crippen LogP contribution in [0.4, 0.5) is 5.69 Å². The monoisotopic (exact) mass is 263 g/mol. The summed E-state index contributed by atoms with van der Waals surface area (Å²) in [5.74, 6) is 0.0501. The van der Waals surface area contributed by atoms with E-state index in [1.54, 1.807) is 30.0 Å². The SMILES string of the molecule is CC(=O)N1CCNC(Cc2ccccc2[N+](=O)[O-])C1. The van der Waals surface area contributed by atoms with Gasteiger partial charge in [-0.05, 0) is 6.42 Å². The van der Waals surface area contributed by atoms with Crippen LogP contribution in [0.15, 0.2) is 24.3 Å². The van der Waals surface area contributed by atoms with Crippen molar-refractivity contribution in [1.29, 1.82) is 0 Å². The molecule has 1 N–H and O–H groups in total. The number of rotatable bonds is 3. The fraction of sp³-hybridized carbons (Fsp3) is 0.462. The number of nitrogens with zero attached hydrogens (tertiary/aromatic N) is 2.